The lowest BCUT2D eigenvalue weighted by Crippen LogP contribution is -2.03. The van der Waals surface area contributed by atoms with Gasteiger partial charge in [0.2, 0.25) is 11.7 Å². The maximum Gasteiger partial charge on any atom is 0.237 e. The molecule has 1 aromatic carbocycles. The molecule has 3 heterocycles. The molecule has 1 aliphatic carbocycles. The SMILES string of the molecule is Cc1ccccc1-c1noc(CSc2nnc(Cc3cccs3)n2C2CC2)n1. The lowest BCUT2D eigenvalue weighted by Gasteiger charge is -2.07. The Morgan fingerprint density at radius 2 is 2.07 bits per heavy atom. The molecule has 142 valence electrons. The van der Waals surface area contributed by atoms with Crippen molar-refractivity contribution in [2.45, 2.75) is 43.1 Å². The van der Waals surface area contributed by atoms with Gasteiger partial charge < -0.3 is 9.09 Å². The Hall–Kier alpha value is -2.45. The second-order valence-electron chi connectivity index (χ2n) is 6.87. The topological polar surface area (TPSA) is 69.6 Å². The summed E-state index contributed by atoms with van der Waals surface area (Å²) in [4.78, 5) is 5.87. The van der Waals surface area contributed by atoms with Crippen LogP contribution in [0.5, 0.6) is 0 Å². The van der Waals surface area contributed by atoms with Crippen LogP contribution in [0.15, 0.2) is 51.5 Å². The van der Waals surface area contributed by atoms with Gasteiger partial charge in [-0.15, -0.1) is 21.5 Å². The van der Waals surface area contributed by atoms with Crippen molar-refractivity contribution < 1.29 is 4.52 Å². The maximum absolute atomic E-state index is 5.47. The quantitative estimate of drug-likeness (QED) is 0.404. The van der Waals surface area contributed by atoms with Gasteiger partial charge in [-0.2, -0.15) is 4.98 Å². The van der Waals surface area contributed by atoms with Gasteiger partial charge in [-0.25, -0.2) is 0 Å². The lowest BCUT2D eigenvalue weighted by molar-refractivity contribution is 0.391. The molecule has 8 heteroatoms. The van der Waals surface area contributed by atoms with E-state index in [1.807, 2.05) is 31.2 Å². The molecule has 0 bridgehead atoms. The third-order valence-electron chi connectivity index (χ3n) is 4.74. The molecular weight excluding hydrogens is 390 g/mol. The highest BCUT2D eigenvalue weighted by Crippen LogP contribution is 2.39. The molecule has 0 atom stereocenters. The van der Waals surface area contributed by atoms with Crippen LogP contribution in [-0.4, -0.2) is 24.9 Å². The van der Waals surface area contributed by atoms with Crippen molar-refractivity contribution in [3.8, 4) is 11.4 Å². The molecule has 0 amide bonds. The van der Waals surface area contributed by atoms with Gasteiger partial charge in [0.05, 0.1) is 5.75 Å². The van der Waals surface area contributed by atoms with Crippen molar-refractivity contribution >= 4 is 23.1 Å². The molecule has 3 aromatic heterocycles. The first-order chi connectivity index (χ1) is 13.8. The van der Waals surface area contributed by atoms with E-state index in [1.165, 1.54) is 17.7 Å². The molecule has 0 N–H and O–H groups in total. The van der Waals surface area contributed by atoms with Crippen LogP contribution in [0.3, 0.4) is 0 Å². The number of aromatic nitrogens is 5. The fraction of sp³-hybridized carbons (Fsp3) is 0.300. The molecule has 0 radical (unpaired) electrons. The van der Waals surface area contributed by atoms with Gasteiger partial charge in [0, 0.05) is 22.9 Å². The van der Waals surface area contributed by atoms with E-state index in [9.17, 15) is 0 Å². The summed E-state index contributed by atoms with van der Waals surface area (Å²) in [5.41, 5.74) is 2.14. The van der Waals surface area contributed by atoms with E-state index in [0.717, 1.165) is 28.5 Å². The van der Waals surface area contributed by atoms with Gasteiger partial charge in [0.1, 0.15) is 5.82 Å². The Balaban J connectivity index is 1.32. The minimum absolute atomic E-state index is 0.526. The number of thiophene rings is 1. The second-order valence-corrected chi connectivity index (χ2v) is 8.85. The summed E-state index contributed by atoms with van der Waals surface area (Å²) in [5, 5.41) is 16.1. The van der Waals surface area contributed by atoms with E-state index < -0.39 is 0 Å². The zero-order chi connectivity index (χ0) is 18.9. The van der Waals surface area contributed by atoms with Crippen LogP contribution >= 0.6 is 23.1 Å². The minimum atomic E-state index is 0.526. The monoisotopic (exact) mass is 409 g/mol. The van der Waals surface area contributed by atoms with E-state index in [2.05, 4.69) is 42.4 Å². The number of benzene rings is 1. The maximum atomic E-state index is 5.47. The van der Waals surface area contributed by atoms with Crippen LogP contribution in [0.25, 0.3) is 11.4 Å². The van der Waals surface area contributed by atoms with Crippen molar-refractivity contribution in [3.63, 3.8) is 0 Å². The number of thioether (sulfide) groups is 1. The minimum Gasteiger partial charge on any atom is -0.338 e. The molecule has 5 rings (SSSR count). The van der Waals surface area contributed by atoms with Gasteiger partial charge in [0.25, 0.3) is 0 Å². The summed E-state index contributed by atoms with van der Waals surface area (Å²) in [5.74, 6) is 2.87. The van der Waals surface area contributed by atoms with Crippen molar-refractivity contribution in [2.75, 3.05) is 0 Å². The zero-order valence-corrected chi connectivity index (χ0v) is 17.0. The smallest absolute Gasteiger partial charge is 0.237 e. The molecule has 1 saturated carbocycles. The number of hydrogen-bond acceptors (Lipinski definition) is 7. The first-order valence-electron chi connectivity index (χ1n) is 9.25. The highest BCUT2D eigenvalue weighted by molar-refractivity contribution is 7.98. The fourth-order valence-electron chi connectivity index (χ4n) is 3.17. The van der Waals surface area contributed by atoms with E-state index in [0.29, 0.717) is 23.5 Å². The predicted octanol–water partition coefficient (Wildman–Crippen LogP) is 4.92. The highest BCUT2D eigenvalue weighted by atomic mass is 32.2. The number of rotatable bonds is 7. The van der Waals surface area contributed by atoms with Crippen LogP contribution in [-0.2, 0) is 12.2 Å². The summed E-state index contributed by atoms with van der Waals surface area (Å²) in [6.45, 7) is 2.05. The molecule has 0 aliphatic heterocycles. The second kappa shape index (κ2) is 7.52. The zero-order valence-electron chi connectivity index (χ0n) is 15.4. The Labute approximate surface area is 171 Å². The van der Waals surface area contributed by atoms with Gasteiger partial charge in [0.15, 0.2) is 5.16 Å². The van der Waals surface area contributed by atoms with Crippen LogP contribution in [0.4, 0.5) is 0 Å². The van der Waals surface area contributed by atoms with Gasteiger partial charge in [-0.1, -0.05) is 47.3 Å². The third-order valence-corrected chi connectivity index (χ3v) is 6.54. The van der Waals surface area contributed by atoms with Gasteiger partial charge in [-0.05, 0) is 36.8 Å². The molecule has 4 aromatic rings. The Morgan fingerprint density at radius 1 is 1.18 bits per heavy atom. The number of nitrogens with zero attached hydrogens (tertiary/aromatic N) is 5. The average Bonchev–Trinajstić information content (AvgIpc) is 3.10. The Kier molecular flexibility index (Phi) is 4.74. The van der Waals surface area contributed by atoms with E-state index >= 15 is 0 Å². The molecule has 0 saturated heterocycles. The normalized spacial score (nSPS) is 13.9. The van der Waals surface area contributed by atoms with Crippen LogP contribution in [0.1, 0.15) is 41.0 Å². The molecule has 1 fully saturated rings. The summed E-state index contributed by atoms with van der Waals surface area (Å²) < 4.78 is 7.76. The average molecular weight is 410 g/mol. The predicted molar refractivity (Wildman–Crippen MR) is 109 cm³/mol. The van der Waals surface area contributed by atoms with Crippen molar-refractivity contribution in [1.82, 2.24) is 24.9 Å². The van der Waals surface area contributed by atoms with Crippen molar-refractivity contribution in [3.05, 3.63) is 63.9 Å². The largest absolute Gasteiger partial charge is 0.338 e. The summed E-state index contributed by atoms with van der Waals surface area (Å²) in [6, 6.07) is 12.8. The standard InChI is InChI=1S/C20H19N5OS2/c1-13-5-2-3-7-16(13)19-21-18(26-24-19)12-28-20-23-22-17(25(20)14-8-9-14)11-15-6-4-10-27-15/h2-7,10,14H,8-9,11-12H2,1H3. The Morgan fingerprint density at radius 3 is 2.86 bits per heavy atom. The Bertz CT molecular complexity index is 1080. The molecule has 6 nitrogen and oxygen atoms in total. The summed E-state index contributed by atoms with van der Waals surface area (Å²) >= 11 is 3.37. The van der Waals surface area contributed by atoms with Gasteiger partial charge >= 0.3 is 0 Å². The molecule has 1 aliphatic rings. The molecule has 28 heavy (non-hydrogen) atoms. The number of hydrogen-bond donors (Lipinski definition) is 0. The van der Waals surface area contributed by atoms with Crippen LogP contribution in [0, 0.1) is 6.92 Å². The summed E-state index contributed by atoms with van der Waals surface area (Å²) in [7, 11) is 0. The summed E-state index contributed by atoms with van der Waals surface area (Å²) in [6.07, 6.45) is 3.22. The lowest BCUT2D eigenvalue weighted by atomic mass is 10.1. The fourth-order valence-corrected chi connectivity index (χ4v) is 4.73. The molecule has 0 spiro atoms. The number of aryl methyl sites for hydroxylation is 1. The van der Waals surface area contributed by atoms with E-state index in [-0.39, 0.29) is 0 Å². The highest BCUT2D eigenvalue weighted by Gasteiger charge is 2.30. The van der Waals surface area contributed by atoms with Crippen molar-refractivity contribution in [2.24, 2.45) is 0 Å². The van der Waals surface area contributed by atoms with Crippen LogP contribution in [0.2, 0.25) is 0 Å². The van der Waals surface area contributed by atoms with Crippen molar-refractivity contribution in [1.29, 1.82) is 0 Å². The molecular formula is C20H19N5OS2. The van der Waals surface area contributed by atoms with E-state index in [1.54, 1.807) is 23.1 Å². The first-order valence-corrected chi connectivity index (χ1v) is 11.1. The molecule has 0 unspecified atom stereocenters. The van der Waals surface area contributed by atoms with E-state index in [4.69, 9.17) is 4.52 Å². The third kappa shape index (κ3) is 3.62. The first kappa shape index (κ1) is 17.6. The van der Waals surface area contributed by atoms with Gasteiger partial charge in [-0.3, -0.25) is 0 Å². The van der Waals surface area contributed by atoms with Crippen LogP contribution < -0.4 is 0 Å².